The van der Waals surface area contributed by atoms with Crippen molar-refractivity contribution in [3.05, 3.63) is 82.9 Å². The van der Waals surface area contributed by atoms with Gasteiger partial charge >= 0.3 is 0 Å². The van der Waals surface area contributed by atoms with Crippen LogP contribution in [0.5, 0.6) is 0 Å². The Labute approximate surface area is 168 Å². The Morgan fingerprint density at radius 2 is 0.857 bits per heavy atom. The van der Waals surface area contributed by atoms with E-state index >= 15 is 0 Å². The maximum absolute atomic E-state index is 10.6. The fraction of sp³-hybridized carbons (Fsp3) is 0.308. The molecule has 2 nitrogen and oxygen atoms in total. The molecule has 0 saturated heterocycles. The second-order valence-electron chi connectivity index (χ2n) is 8.69. The first-order valence-electron chi connectivity index (χ1n) is 9.76. The van der Waals surface area contributed by atoms with Gasteiger partial charge in [-0.2, -0.15) is 0 Å². The highest BCUT2D eigenvalue weighted by atomic mass is 16.3. The summed E-state index contributed by atoms with van der Waals surface area (Å²) in [7, 11) is 0. The van der Waals surface area contributed by atoms with Gasteiger partial charge in [0.05, 0.1) is 11.2 Å². The zero-order valence-electron chi connectivity index (χ0n) is 17.7. The first-order chi connectivity index (χ1) is 13.0. The van der Waals surface area contributed by atoms with E-state index in [-0.39, 0.29) is 0 Å². The number of aryl methyl sites for hydroxylation is 2. The standard InChI is InChI=1S/C26H30O2/c1-17-15-22(20-12-8-10-14-24(20)26(5,6)28)18(2)16-21(17)19-11-7-9-13-23(19)25(3,4)27/h7-16,27-28H,1-6H3. The van der Waals surface area contributed by atoms with Gasteiger partial charge in [0.25, 0.3) is 0 Å². The minimum absolute atomic E-state index is 0.914. The SMILES string of the molecule is Cc1cc(-c2ccccc2C(C)(C)O)c(C)cc1-c1ccccc1C(C)(C)O. The van der Waals surface area contributed by atoms with Crippen molar-refractivity contribution in [2.24, 2.45) is 0 Å². The van der Waals surface area contributed by atoms with Gasteiger partial charge in [0, 0.05) is 0 Å². The van der Waals surface area contributed by atoms with Crippen LogP contribution in [0.15, 0.2) is 60.7 Å². The van der Waals surface area contributed by atoms with E-state index in [4.69, 9.17) is 0 Å². The smallest absolute Gasteiger partial charge is 0.0846 e. The van der Waals surface area contributed by atoms with Crippen molar-refractivity contribution < 1.29 is 10.2 Å². The molecule has 0 aromatic heterocycles. The summed E-state index contributed by atoms with van der Waals surface area (Å²) in [6.45, 7) is 11.5. The molecular formula is C26H30O2. The molecule has 3 aromatic carbocycles. The summed E-state index contributed by atoms with van der Waals surface area (Å²) in [5, 5.41) is 21.2. The number of aliphatic hydroxyl groups is 2. The molecule has 3 rings (SSSR count). The molecule has 0 aliphatic carbocycles. The molecule has 0 saturated carbocycles. The molecule has 2 heteroatoms. The monoisotopic (exact) mass is 374 g/mol. The molecule has 146 valence electrons. The van der Waals surface area contributed by atoms with Gasteiger partial charge in [0.1, 0.15) is 0 Å². The lowest BCUT2D eigenvalue weighted by atomic mass is 9.83. The molecule has 0 heterocycles. The van der Waals surface area contributed by atoms with Gasteiger partial charge in [-0.3, -0.25) is 0 Å². The lowest BCUT2D eigenvalue weighted by Gasteiger charge is -2.25. The van der Waals surface area contributed by atoms with E-state index in [1.807, 2.05) is 64.1 Å². The topological polar surface area (TPSA) is 40.5 Å². The molecule has 28 heavy (non-hydrogen) atoms. The van der Waals surface area contributed by atoms with Crippen LogP contribution in [0.25, 0.3) is 22.3 Å². The maximum atomic E-state index is 10.6. The lowest BCUT2D eigenvalue weighted by Crippen LogP contribution is -2.17. The normalized spacial score (nSPS) is 12.3. The van der Waals surface area contributed by atoms with Crippen molar-refractivity contribution in [3.63, 3.8) is 0 Å². The van der Waals surface area contributed by atoms with Crippen LogP contribution in [-0.4, -0.2) is 10.2 Å². The Hall–Kier alpha value is -2.42. The summed E-state index contributed by atoms with van der Waals surface area (Å²) in [6, 6.07) is 20.4. The van der Waals surface area contributed by atoms with Crippen LogP contribution in [0.2, 0.25) is 0 Å². The van der Waals surface area contributed by atoms with E-state index in [2.05, 4.69) is 38.1 Å². The average molecular weight is 375 g/mol. The molecule has 0 bridgehead atoms. The zero-order chi connectivity index (χ0) is 20.7. The van der Waals surface area contributed by atoms with Crippen LogP contribution in [0, 0.1) is 13.8 Å². The third-order valence-electron chi connectivity index (χ3n) is 5.32. The molecular weight excluding hydrogens is 344 g/mol. The summed E-state index contributed by atoms with van der Waals surface area (Å²) in [5.74, 6) is 0. The molecule has 3 aromatic rings. The first kappa shape index (κ1) is 20.3. The maximum Gasteiger partial charge on any atom is 0.0846 e. The van der Waals surface area contributed by atoms with Crippen LogP contribution < -0.4 is 0 Å². The average Bonchev–Trinajstić information content (AvgIpc) is 2.62. The molecule has 0 aliphatic rings. The van der Waals surface area contributed by atoms with E-state index in [1.54, 1.807) is 0 Å². The van der Waals surface area contributed by atoms with Crippen LogP contribution >= 0.6 is 0 Å². The predicted octanol–water partition coefficient (Wildman–Crippen LogP) is 6.09. The van der Waals surface area contributed by atoms with Crippen molar-refractivity contribution >= 4 is 0 Å². The van der Waals surface area contributed by atoms with Gasteiger partial charge in [0.2, 0.25) is 0 Å². The van der Waals surface area contributed by atoms with Crippen LogP contribution in [0.3, 0.4) is 0 Å². The molecule has 0 fully saturated rings. The number of hydrogen-bond donors (Lipinski definition) is 2. The molecule has 0 atom stereocenters. The molecule has 0 amide bonds. The molecule has 0 aliphatic heterocycles. The Bertz CT molecular complexity index is 918. The Kier molecular flexibility index (Phi) is 5.22. The minimum Gasteiger partial charge on any atom is -0.386 e. The lowest BCUT2D eigenvalue weighted by molar-refractivity contribution is 0.0786. The second-order valence-corrected chi connectivity index (χ2v) is 8.69. The van der Waals surface area contributed by atoms with Gasteiger partial charge in [0.15, 0.2) is 0 Å². The predicted molar refractivity (Wildman–Crippen MR) is 117 cm³/mol. The van der Waals surface area contributed by atoms with Gasteiger partial charge in [-0.25, -0.2) is 0 Å². The minimum atomic E-state index is -0.914. The largest absolute Gasteiger partial charge is 0.386 e. The Morgan fingerprint density at radius 1 is 0.536 bits per heavy atom. The van der Waals surface area contributed by atoms with E-state index in [1.165, 1.54) is 0 Å². The third kappa shape index (κ3) is 3.89. The quantitative estimate of drug-likeness (QED) is 0.580. The zero-order valence-corrected chi connectivity index (χ0v) is 17.7. The summed E-state index contributed by atoms with van der Waals surface area (Å²) >= 11 is 0. The van der Waals surface area contributed by atoms with Gasteiger partial charge in [-0.1, -0.05) is 60.7 Å². The van der Waals surface area contributed by atoms with Crippen molar-refractivity contribution in [3.8, 4) is 22.3 Å². The molecule has 0 radical (unpaired) electrons. The summed E-state index contributed by atoms with van der Waals surface area (Å²) in [4.78, 5) is 0. The van der Waals surface area contributed by atoms with Gasteiger partial charge in [-0.15, -0.1) is 0 Å². The van der Waals surface area contributed by atoms with Crippen LogP contribution in [-0.2, 0) is 11.2 Å². The van der Waals surface area contributed by atoms with E-state index in [0.29, 0.717) is 0 Å². The first-order valence-corrected chi connectivity index (χ1v) is 9.76. The van der Waals surface area contributed by atoms with Gasteiger partial charge < -0.3 is 10.2 Å². The summed E-state index contributed by atoms with van der Waals surface area (Å²) < 4.78 is 0. The summed E-state index contributed by atoms with van der Waals surface area (Å²) in [5.41, 5.74) is 6.65. The molecule has 2 N–H and O–H groups in total. The molecule has 0 spiro atoms. The fourth-order valence-electron chi connectivity index (χ4n) is 3.90. The third-order valence-corrected chi connectivity index (χ3v) is 5.32. The van der Waals surface area contributed by atoms with Crippen molar-refractivity contribution in [1.29, 1.82) is 0 Å². The van der Waals surface area contributed by atoms with E-state index in [0.717, 1.165) is 44.5 Å². The van der Waals surface area contributed by atoms with Crippen LogP contribution in [0.1, 0.15) is 49.9 Å². The summed E-state index contributed by atoms with van der Waals surface area (Å²) in [6.07, 6.45) is 0. The molecule has 0 unspecified atom stereocenters. The Morgan fingerprint density at radius 3 is 1.18 bits per heavy atom. The van der Waals surface area contributed by atoms with E-state index < -0.39 is 11.2 Å². The highest BCUT2D eigenvalue weighted by Crippen LogP contribution is 2.39. The number of rotatable bonds is 4. The van der Waals surface area contributed by atoms with Crippen molar-refractivity contribution in [2.45, 2.75) is 52.7 Å². The Balaban J connectivity index is 2.21. The van der Waals surface area contributed by atoms with Crippen molar-refractivity contribution in [2.75, 3.05) is 0 Å². The highest BCUT2D eigenvalue weighted by Gasteiger charge is 2.23. The number of hydrogen-bond acceptors (Lipinski definition) is 2. The second kappa shape index (κ2) is 7.20. The van der Waals surface area contributed by atoms with Gasteiger partial charge in [-0.05, 0) is 86.1 Å². The van der Waals surface area contributed by atoms with Crippen molar-refractivity contribution in [1.82, 2.24) is 0 Å². The number of benzene rings is 3. The fourth-order valence-corrected chi connectivity index (χ4v) is 3.90. The van der Waals surface area contributed by atoms with E-state index in [9.17, 15) is 10.2 Å². The highest BCUT2D eigenvalue weighted by molar-refractivity contribution is 5.79. The van der Waals surface area contributed by atoms with Crippen LogP contribution in [0.4, 0.5) is 0 Å².